The highest BCUT2D eigenvalue weighted by Gasteiger charge is 2.23. The third-order valence-corrected chi connectivity index (χ3v) is 4.30. The molecule has 1 saturated heterocycles. The van der Waals surface area contributed by atoms with E-state index in [1.165, 1.54) is 0 Å². The van der Waals surface area contributed by atoms with Crippen LogP contribution in [0.5, 0.6) is 0 Å². The van der Waals surface area contributed by atoms with Crippen molar-refractivity contribution in [2.75, 3.05) is 19.6 Å². The first-order valence-corrected chi connectivity index (χ1v) is 8.20. The Hall–Kier alpha value is -1.84. The Balaban J connectivity index is 1.72. The zero-order chi connectivity index (χ0) is 15.9. The Bertz CT molecular complexity index is 491. The van der Waals surface area contributed by atoms with Gasteiger partial charge in [-0.3, -0.25) is 9.59 Å². The van der Waals surface area contributed by atoms with Crippen molar-refractivity contribution in [3.05, 3.63) is 35.9 Å². The topological polar surface area (TPSA) is 49.4 Å². The maximum Gasteiger partial charge on any atom is 0.253 e. The van der Waals surface area contributed by atoms with Crippen molar-refractivity contribution in [2.24, 2.45) is 11.8 Å². The lowest BCUT2D eigenvalue weighted by Crippen LogP contribution is -2.39. The van der Waals surface area contributed by atoms with Gasteiger partial charge in [-0.2, -0.15) is 0 Å². The zero-order valence-electron chi connectivity index (χ0n) is 13.5. The number of amides is 2. The van der Waals surface area contributed by atoms with Crippen LogP contribution in [0.2, 0.25) is 0 Å². The summed E-state index contributed by atoms with van der Waals surface area (Å²) in [7, 11) is 0. The standard InChI is InChI=1S/C18H26N2O2/c1-14(2)17(21)19-11-8-15-9-12-20(13-10-15)18(22)16-6-4-3-5-7-16/h3-7,14-15H,8-13H2,1-2H3,(H,19,21). The highest BCUT2D eigenvalue weighted by atomic mass is 16.2. The van der Waals surface area contributed by atoms with E-state index in [0.29, 0.717) is 5.92 Å². The number of nitrogens with one attached hydrogen (secondary N) is 1. The molecule has 4 nitrogen and oxygen atoms in total. The van der Waals surface area contributed by atoms with Crippen molar-refractivity contribution in [1.29, 1.82) is 0 Å². The molecule has 0 radical (unpaired) electrons. The van der Waals surface area contributed by atoms with Crippen molar-refractivity contribution in [3.63, 3.8) is 0 Å². The van der Waals surface area contributed by atoms with Gasteiger partial charge in [0, 0.05) is 31.1 Å². The molecule has 1 heterocycles. The fourth-order valence-corrected chi connectivity index (χ4v) is 2.79. The zero-order valence-corrected chi connectivity index (χ0v) is 13.5. The number of hydrogen-bond donors (Lipinski definition) is 1. The lowest BCUT2D eigenvalue weighted by molar-refractivity contribution is -0.124. The number of piperidine rings is 1. The summed E-state index contributed by atoms with van der Waals surface area (Å²) in [5.74, 6) is 0.904. The molecule has 1 fully saturated rings. The molecule has 22 heavy (non-hydrogen) atoms. The van der Waals surface area contributed by atoms with Crippen LogP contribution in [0.3, 0.4) is 0 Å². The predicted octanol–water partition coefficient (Wildman–Crippen LogP) is 2.70. The molecule has 2 amide bonds. The third kappa shape index (κ3) is 4.58. The molecule has 120 valence electrons. The highest BCUT2D eigenvalue weighted by Crippen LogP contribution is 2.21. The van der Waals surface area contributed by atoms with E-state index in [1.54, 1.807) is 0 Å². The van der Waals surface area contributed by atoms with Gasteiger partial charge in [0.15, 0.2) is 0 Å². The average Bonchev–Trinajstić information content (AvgIpc) is 2.55. The number of rotatable bonds is 5. The van der Waals surface area contributed by atoms with Crippen LogP contribution >= 0.6 is 0 Å². The van der Waals surface area contributed by atoms with Gasteiger partial charge in [0.25, 0.3) is 5.91 Å². The van der Waals surface area contributed by atoms with Gasteiger partial charge in [-0.05, 0) is 37.3 Å². The SMILES string of the molecule is CC(C)C(=O)NCCC1CCN(C(=O)c2ccccc2)CC1. The van der Waals surface area contributed by atoms with Crippen LogP contribution in [0.1, 0.15) is 43.5 Å². The van der Waals surface area contributed by atoms with Crippen LogP contribution in [0.25, 0.3) is 0 Å². The molecule has 0 unspecified atom stereocenters. The summed E-state index contributed by atoms with van der Waals surface area (Å²) >= 11 is 0. The van der Waals surface area contributed by atoms with Gasteiger partial charge in [-0.1, -0.05) is 32.0 Å². The molecule has 0 aliphatic carbocycles. The quantitative estimate of drug-likeness (QED) is 0.909. The molecule has 4 heteroatoms. The van der Waals surface area contributed by atoms with Crippen molar-refractivity contribution < 1.29 is 9.59 Å². The number of carbonyl (C=O) groups is 2. The minimum absolute atomic E-state index is 0.0466. The first kappa shape index (κ1) is 16.5. The summed E-state index contributed by atoms with van der Waals surface area (Å²) in [6.45, 7) is 6.19. The molecule has 0 aromatic heterocycles. The molecule has 1 N–H and O–H groups in total. The van der Waals surface area contributed by atoms with Crippen LogP contribution < -0.4 is 5.32 Å². The normalized spacial score (nSPS) is 15.9. The Kier molecular flexibility index (Phi) is 5.99. The molecule has 0 bridgehead atoms. The number of hydrogen-bond acceptors (Lipinski definition) is 2. The fourth-order valence-electron chi connectivity index (χ4n) is 2.79. The highest BCUT2D eigenvalue weighted by molar-refractivity contribution is 5.94. The van der Waals surface area contributed by atoms with Crippen molar-refractivity contribution in [3.8, 4) is 0 Å². The molecule has 2 rings (SSSR count). The number of benzene rings is 1. The van der Waals surface area contributed by atoms with E-state index in [2.05, 4.69) is 5.32 Å². The van der Waals surface area contributed by atoms with E-state index in [1.807, 2.05) is 49.1 Å². The van der Waals surface area contributed by atoms with Gasteiger partial charge in [-0.15, -0.1) is 0 Å². The third-order valence-electron chi connectivity index (χ3n) is 4.30. The first-order valence-electron chi connectivity index (χ1n) is 8.20. The summed E-state index contributed by atoms with van der Waals surface area (Å²) < 4.78 is 0. The number of carbonyl (C=O) groups excluding carboxylic acids is 2. The van der Waals surface area contributed by atoms with Gasteiger partial charge >= 0.3 is 0 Å². The molecule has 0 saturated carbocycles. The molecule has 1 aliphatic heterocycles. The number of nitrogens with zero attached hydrogens (tertiary/aromatic N) is 1. The Labute approximate surface area is 132 Å². The van der Waals surface area contributed by atoms with Crippen LogP contribution in [0.15, 0.2) is 30.3 Å². The first-order chi connectivity index (χ1) is 10.6. The second-order valence-electron chi connectivity index (χ2n) is 6.34. The second kappa shape index (κ2) is 7.97. The molecule has 0 spiro atoms. The van der Waals surface area contributed by atoms with Gasteiger partial charge in [0.05, 0.1) is 0 Å². The summed E-state index contributed by atoms with van der Waals surface area (Å²) in [5.41, 5.74) is 0.769. The van der Waals surface area contributed by atoms with Gasteiger partial charge in [-0.25, -0.2) is 0 Å². The van der Waals surface area contributed by atoms with Crippen LogP contribution in [-0.4, -0.2) is 36.3 Å². The van der Waals surface area contributed by atoms with Gasteiger partial charge < -0.3 is 10.2 Å². The van der Waals surface area contributed by atoms with E-state index in [9.17, 15) is 9.59 Å². The van der Waals surface area contributed by atoms with Crippen LogP contribution in [0, 0.1) is 11.8 Å². The minimum atomic E-state index is 0.0466. The molecular formula is C18H26N2O2. The average molecular weight is 302 g/mol. The summed E-state index contributed by atoms with van der Waals surface area (Å²) in [5, 5.41) is 2.97. The Morgan fingerprint density at radius 3 is 2.41 bits per heavy atom. The van der Waals surface area contributed by atoms with Gasteiger partial charge in [0.2, 0.25) is 5.91 Å². The van der Waals surface area contributed by atoms with Gasteiger partial charge in [0.1, 0.15) is 0 Å². The van der Waals surface area contributed by atoms with Crippen LogP contribution in [0.4, 0.5) is 0 Å². The van der Waals surface area contributed by atoms with Crippen molar-refractivity contribution >= 4 is 11.8 Å². The summed E-state index contributed by atoms with van der Waals surface area (Å²) in [6.07, 6.45) is 3.05. The Morgan fingerprint density at radius 1 is 1.18 bits per heavy atom. The van der Waals surface area contributed by atoms with E-state index in [0.717, 1.165) is 44.5 Å². The smallest absolute Gasteiger partial charge is 0.253 e. The van der Waals surface area contributed by atoms with E-state index in [-0.39, 0.29) is 17.7 Å². The summed E-state index contributed by atoms with van der Waals surface area (Å²) in [4.78, 5) is 25.8. The van der Waals surface area contributed by atoms with Crippen molar-refractivity contribution in [2.45, 2.75) is 33.1 Å². The molecule has 1 aliphatic rings. The fraction of sp³-hybridized carbons (Fsp3) is 0.556. The maximum absolute atomic E-state index is 12.4. The monoisotopic (exact) mass is 302 g/mol. The maximum atomic E-state index is 12.4. The largest absolute Gasteiger partial charge is 0.356 e. The minimum Gasteiger partial charge on any atom is -0.356 e. The lowest BCUT2D eigenvalue weighted by Gasteiger charge is -2.32. The molecular weight excluding hydrogens is 276 g/mol. The predicted molar refractivity (Wildman–Crippen MR) is 87.5 cm³/mol. The van der Waals surface area contributed by atoms with Crippen molar-refractivity contribution in [1.82, 2.24) is 10.2 Å². The second-order valence-corrected chi connectivity index (χ2v) is 6.34. The Morgan fingerprint density at radius 2 is 1.82 bits per heavy atom. The molecule has 1 aromatic carbocycles. The molecule has 0 atom stereocenters. The summed E-state index contributed by atoms with van der Waals surface area (Å²) in [6, 6.07) is 9.47. The van der Waals surface area contributed by atoms with E-state index < -0.39 is 0 Å². The molecule has 1 aromatic rings. The lowest BCUT2D eigenvalue weighted by atomic mass is 9.93. The van der Waals surface area contributed by atoms with Crippen LogP contribution in [-0.2, 0) is 4.79 Å². The van der Waals surface area contributed by atoms with E-state index >= 15 is 0 Å². The number of likely N-dealkylation sites (tertiary alicyclic amines) is 1. The van der Waals surface area contributed by atoms with E-state index in [4.69, 9.17) is 0 Å².